The fraction of sp³-hybridized carbons (Fsp3) is 1.00. The summed E-state index contributed by atoms with van der Waals surface area (Å²) < 4.78 is 11.4. The van der Waals surface area contributed by atoms with Crippen molar-refractivity contribution in [3.8, 4) is 0 Å². The molecule has 0 aromatic rings. The number of rotatable bonds is 4. The van der Waals surface area contributed by atoms with E-state index in [1.165, 1.54) is 12.8 Å². The molecular formula is C13H25NO2. The molecule has 0 aromatic carbocycles. The van der Waals surface area contributed by atoms with Gasteiger partial charge in [0, 0.05) is 25.9 Å². The molecule has 1 heterocycles. The summed E-state index contributed by atoms with van der Waals surface area (Å²) in [7, 11) is 0. The highest BCUT2D eigenvalue weighted by molar-refractivity contribution is 4.98. The van der Waals surface area contributed by atoms with Crippen molar-refractivity contribution < 1.29 is 9.47 Å². The molecule has 0 bridgehead atoms. The molecule has 1 unspecified atom stereocenters. The first-order valence-electron chi connectivity index (χ1n) is 6.76. The molecule has 1 saturated heterocycles. The third-order valence-electron chi connectivity index (χ3n) is 4.26. The molecule has 0 amide bonds. The Balaban J connectivity index is 2.00. The van der Waals surface area contributed by atoms with Crippen molar-refractivity contribution in [2.24, 2.45) is 11.7 Å². The molecule has 0 aromatic heterocycles. The van der Waals surface area contributed by atoms with E-state index in [0.29, 0.717) is 5.92 Å². The predicted octanol–water partition coefficient (Wildman–Crippen LogP) is 2.09. The summed E-state index contributed by atoms with van der Waals surface area (Å²) in [5.74, 6) is 0.596. The molecule has 3 nitrogen and oxygen atoms in total. The molecule has 1 saturated carbocycles. The predicted molar refractivity (Wildman–Crippen MR) is 64.3 cm³/mol. The van der Waals surface area contributed by atoms with Gasteiger partial charge in [-0.25, -0.2) is 0 Å². The Morgan fingerprint density at radius 1 is 1.31 bits per heavy atom. The van der Waals surface area contributed by atoms with E-state index >= 15 is 0 Å². The molecule has 3 heteroatoms. The van der Waals surface area contributed by atoms with Crippen LogP contribution in [0.2, 0.25) is 0 Å². The van der Waals surface area contributed by atoms with E-state index in [0.717, 1.165) is 45.5 Å². The van der Waals surface area contributed by atoms with Crippen LogP contribution in [0.5, 0.6) is 0 Å². The molecule has 2 aliphatic rings. The Morgan fingerprint density at radius 3 is 2.50 bits per heavy atom. The highest BCUT2D eigenvalue weighted by Crippen LogP contribution is 2.39. The minimum atomic E-state index is -0.0171. The summed E-state index contributed by atoms with van der Waals surface area (Å²) in [6.07, 6.45) is 7.07. The van der Waals surface area contributed by atoms with Gasteiger partial charge in [0.25, 0.3) is 0 Å². The molecule has 0 radical (unpaired) electrons. The Bertz CT molecular complexity index is 208. The van der Waals surface area contributed by atoms with Crippen LogP contribution >= 0.6 is 0 Å². The van der Waals surface area contributed by atoms with Gasteiger partial charge in [-0.15, -0.1) is 0 Å². The van der Waals surface area contributed by atoms with Crippen LogP contribution in [0.4, 0.5) is 0 Å². The molecule has 1 aliphatic heterocycles. The minimum Gasteiger partial charge on any atom is -0.381 e. The first kappa shape index (κ1) is 12.3. The van der Waals surface area contributed by atoms with E-state index in [9.17, 15) is 0 Å². The van der Waals surface area contributed by atoms with E-state index in [1.54, 1.807) is 0 Å². The smallest absolute Gasteiger partial charge is 0.0835 e. The number of hydrogen-bond acceptors (Lipinski definition) is 3. The fourth-order valence-corrected chi connectivity index (χ4v) is 3.34. The normalized spacial score (nSPS) is 28.1. The van der Waals surface area contributed by atoms with Crippen LogP contribution in [0, 0.1) is 5.92 Å². The summed E-state index contributed by atoms with van der Waals surface area (Å²) in [6.45, 7) is 4.62. The van der Waals surface area contributed by atoms with Crippen molar-refractivity contribution in [3.63, 3.8) is 0 Å². The van der Waals surface area contributed by atoms with Crippen LogP contribution in [0.25, 0.3) is 0 Å². The molecule has 0 spiro atoms. The standard InChI is InChI=1S/C13H25NO2/c1-2-16-13(7-3-4-8-13)12(14)11-5-9-15-10-6-11/h11-12H,2-10,14H2,1H3. The zero-order chi connectivity index (χ0) is 11.4. The van der Waals surface area contributed by atoms with Gasteiger partial charge in [-0.1, -0.05) is 12.8 Å². The van der Waals surface area contributed by atoms with Crippen molar-refractivity contribution in [3.05, 3.63) is 0 Å². The van der Waals surface area contributed by atoms with Crippen LogP contribution in [-0.4, -0.2) is 31.5 Å². The minimum absolute atomic E-state index is 0.0171. The highest BCUT2D eigenvalue weighted by Gasteiger charge is 2.43. The van der Waals surface area contributed by atoms with Gasteiger partial charge in [0.2, 0.25) is 0 Å². The van der Waals surface area contributed by atoms with E-state index in [2.05, 4.69) is 6.92 Å². The van der Waals surface area contributed by atoms with E-state index < -0.39 is 0 Å². The second-order valence-electron chi connectivity index (χ2n) is 5.18. The monoisotopic (exact) mass is 227 g/mol. The molecule has 16 heavy (non-hydrogen) atoms. The zero-order valence-electron chi connectivity index (χ0n) is 10.4. The summed E-state index contributed by atoms with van der Waals surface area (Å²) in [4.78, 5) is 0. The van der Waals surface area contributed by atoms with Crippen molar-refractivity contribution in [2.45, 2.75) is 57.1 Å². The molecule has 2 N–H and O–H groups in total. The Labute approximate surface area is 98.7 Å². The third kappa shape index (κ3) is 2.41. The van der Waals surface area contributed by atoms with Gasteiger partial charge in [-0.2, -0.15) is 0 Å². The summed E-state index contributed by atoms with van der Waals surface area (Å²) in [5, 5.41) is 0. The third-order valence-corrected chi connectivity index (χ3v) is 4.26. The summed E-state index contributed by atoms with van der Waals surface area (Å²) >= 11 is 0. The number of nitrogens with two attached hydrogens (primary N) is 1. The highest BCUT2D eigenvalue weighted by atomic mass is 16.5. The second kappa shape index (κ2) is 5.48. The largest absolute Gasteiger partial charge is 0.381 e. The quantitative estimate of drug-likeness (QED) is 0.800. The number of hydrogen-bond donors (Lipinski definition) is 1. The van der Waals surface area contributed by atoms with Crippen molar-refractivity contribution in [2.75, 3.05) is 19.8 Å². The average Bonchev–Trinajstić information content (AvgIpc) is 2.80. The van der Waals surface area contributed by atoms with Crippen LogP contribution in [-0.2, 0) is 9.47 Å². The molecule has 1 aliphatic carbocycles. The SMILES string of the molecule is CCOC1(C(N)C2CCOCC2)CCCC1. The van der Waals surface area contributed by atoms with Gasteiger partial charge >= 0.3 is 0 Å². The fourth-order valence-electron chi connectivity index (χ4n) is 3.34. The average molecular weight is 227 g/mol. The van der Waals surface area contributed by atoms with Crippen LogP contribution in [0.1, 0.15) is 45.4 Å². The summed E-state index contributed by atoms with van der Waals surface area (Å²) in [5.41, 5.74) is 6.48. The Morgan fingerprint density at radius 2 is 1.94 bits per heavy atom. The maximum Gasteiger partial charge on any atom is 0.0835 e. The van der Waals surface area contributed by atoms with Gasteiger partial charge in [0.05, 0.1) is 5.60 Å². The first-order chi connectivity index (χ1) is 7.78. The Hall–Kier alpha value is -0.120. The van der Waals surface area contributed by atoms with Crippen molar-refractivity contribution >= 4 is 0 Å². The first-order valence-corrected chi connectivity index (χ1v) is 6.76. The lowest BCUT2D eigenvalue weighted by Gasteiger charge is -2.40. The van der Waals surface area contributed by atoms with Gasteiger partial charge < -0.3 is 15.2 Å². The van der Waals surface area contributed by atoms with Gasteiger partial charge in [-0.05, 0) is 38.5 Å². The van der Waals surface area contributed by atoms with Crippen LogP contribution in [0.15, 0.2) is 0 Å². The maximum atomic E-state index is 6.49. The summed E-state index contributed by atoms with van der Waals surface area (Å²) in [6, 6.07) is 0.207. The van der Waals surface area contributed by atoms with Crippen molar-refractivity contribution in [1.29, 1.82) is 0 Å². The molecule has 2 fully saturated rings. The molecule has 1 atom stereocenters. The van der Waals surface area contributed by atoms with Gasteiger partial charge in [0.15, 0.2) is 0 Å². The van der Waals surface area contributed by atoms with E-state index in [4.69, 9.17) is 15.2 Å². The topological polar surface area (TPSA) is 44.5 Å². The second-order valence-corrected chi connectivity index (χ2v) is 5.18. The van der Waals surface area contributed by atoms with E-state index in [1.807, 2.05) is 0 Å². The van der Waals surface area contributed by atoms with Crippen molar-refractivity contribution in [1.82, 2.24) is 0 Å². The Kier molecular flexibility index (Phi) is 4.22. The number of ether oxygens (including phenoxy) is 2. The van der Waals surface area contributed by atoms with E-state index in [-0.39, 0.29) is 11.6 Å². The lowest BCUT2D eigenvalue weighted by Crippen LogP contribution is -2.53. The molecule has 2 rings (SSSR count). The van der Waals surface area contributed by atoms with Gasteiger partial charge in [-0.3, -0.25) is 0 Å². The maximum absolute atomic E-state index is 6.49. The molecular weight excluding hydrogens is 202 g/mol. The zero-order valence-corrected chi connectivity index (χ0v) is 10.4. The molecule has 94 valence electrons. The van der Waals surface area contributed by atoms with Crippen LogP contribution in [0.3, 0.4) is 0 Å². The lowest BCUT2D eigenvalue weighted by molar-refractivity contribution is -0.0772. The van der Waals surface area contributed by atoms with Crippen LogP contribution < -0.4 is 5.73 Å². The van der Waals surface area contributed by atoms with Gasteiger partial charge in [0.1, 0.15) is 0 Å². The lowest BCUT2D eigenvalue weighted by atomic mass is 9.80.